The molecule has 0 atom stereocenters. The Labute approximate surface area is 125 Å². The van der Waals surface area contributed by atoms with E-state index < -0.39 is 7.11 Å². The largest absolute Gasteiger partial charge is 0.995 e. The van der Waals surface area contributed by atoms with Gasteiger partial charge in [-0.25, -0.2) is 0 Å². The smallest absolute Gasteiger partial charge is 0.569 e. The fourth-order valence-corrected chi connectivity index (χ4v) is 2.15. The van der Waals surface area contributed by atoms with Crippen molar-refractivity contribution in [1.29, 1.82) is 0 Å². The van der Waals surface area contributed by atoms with E-state index in [0.29, 0.717) is 16.1 Å². The molecule has 1 aliphatic heterocycles. The molecule has 6 heteroatoms. The van der Waals surface area contributed by atoms with Gasteiger partial charge in [-0.05, 0) is 36.4 Å². The van der Waals surface area contributed by atoms with Gasteiger partial charge in [0.2, 0.25) is 0 Å². The Balaban J connectivity index is 2.04. The topological polar surface area (TPSA) is 20.5 Å². The first kappa shape index (κ1) is 13.8. The Kier molecular flexibility index (Phi) is 3.51. The lowest BCUT2D eigenvalue weighted by Crippen LogP contribution is -2.30. The van der Waals surface area contributed by atoms with E-state index in [0.717, 1.165) is 0 Å². The van der Waals surface area contributed by atoms with Crippen LogP contribution in [0.4, 0.5) is 8.63 Å². The number of benzene rings is 2. The van der Waals surface area contributed by atoms with Gasteiger partial charge in [-0.1, -0.05) is 29.8 Å². The fourth-order valence-electron chi connectivity index (χ4n) is 2.03. The standard InChI is InChI=1S/C15H10BClF2O2/c17-13-8-6-12(7-9-13)15-10-14(20-16(18,19)21-15)11-4-2-1-3-5-11/h1-10H. The van der Waals surface area contributed by atoms with Gasteiger partial charge < -0.3 is 17.6 Å². The maximum atomic E-state index is 13.7. The van der Waals surface area contributed by atoms with Gasteiger partial charge in [0.15, 0.2) is 0 Å². The first-order valence-electron chi connectivity index (χ1n) is 6.31. The molecule has 3 rings (SSSR count). The van der Waals surface area contributed by atoms with Crippen molar-refractivity contribution < 1.29 is 17.6 Å². The average molecular weight is 307 g/mol. The summed E-state index contributed by atoms with van der Waals surface area (Å²) in [5.74, 6) is 0.138. The third kappa shape index (κ3) is 3.14. The second-order valence-corrected chi connectivity index (χ2v) is 4.95. The van der Waals surface area contributed by atoms with Gasteiger partial charge in [-0.2, -0.15) is 0 Å². The van der Waals surface area contributed by atoms with Crippen LogP contribution in [0.2, 0.25) is 5.02 Å². The highest BCUT2D eigenvalue weighted by molar-refractivity contribution is 6.52. The minimum absolute atomic E-state index is 0.0572. The van der Waals surface area contributed by atoms with E-state index in [4.69, 9.17) is 11.6 Å². The maximum Gasteiger partial charge on any atom is 0.995 e. The minimum Gasteiger partial charge on any atom is -0.569 e. The van der Waals surface area contributed by atoms with Crippen molar-refractivity contribution >= 4 is 30.2 Å². The molecule has 106 valence electrons. The Morgan fingerprint density at radius 2 is 1.57 bits per heavy atom. The zero-order chi connectivity index (χ0) is 14.9. The van der Waals surface area contributed by atoms with E-state index in [1.807, 2.05) is 0 Å². The first-order valence-corrected chi connectivity index (χ1v) is 6.69. The van der Waals surface area contributed by atoms with Gasteiger partial charge in [0.05, 0.1) is 17.4 Å². The van der Waals surface area contributed by atoms with Crippen molar-refractivity contribution in [2.45, 2.75) is 0 Å². The number of hydrogen-bond acceptors (Lipinski definition) is 1. The van der Waals surface area contributed by atoms with Crippen molar-refractivity contribution in [3.8, 4) is 0 Å². The average Bonchev–Trinajstić information content (AvgIpc) is 2.47. The van der Waals surface area contributed by atoms with Gasteiger partial charge in [-0.15, -0.1) is 0 Å². The van der Waals surface area contributed by atoms with Crippen LogP contribution < -0.4 is 0 Å². The first-order chi connectivity index (χ1) is 10.0. The number of halogens is 3. The molecular formula is C15H10BClF2O2. The molecule has 0 bridgehead atoms. The molecule has 0 fully saturated rings. The molecule has 2 aromatic rings. The van der Waals surface area contributed by atoms with E-state index in [2.05, 4.69) is 9.00 Å². The fraction of sp³-hybridized carbons (Fsp3) is 0. The third-order valence-corrected chi connectivity index (χ3v) is 3.23. The van der Waals surface area contributed by atoms with E-state index in [1.165, 1.54) is 6.08 Å². The molecule has 21 heavy (non-hydrogen) atoms. The minimum atomic E-state index is -4.40. The Morgan fingerprint density at radius 1 is 0.905 bits per heavy atom. The van der Waals surface area contributed by atoms with Crippen molar-refractivity contribution in [2.24, 2.45) is 0 Å². The van der Waals surface area contributed by atoms with Crippen LogP contribution in [0.25, 0.3) is 5.76 Å². The summed E-state index contributed by atoms with van der Waals surface area (Å²) in [6, 6.07) is 15.2. The van der Waals surface area contributed by atoms with Crippen LogP contribution in [0.5, 0.6) is 0 Å². The lowest BCUT2D eigenvalue weighted by molar-refractivity contribution is -0.183. The Bertz CT molecular complexity index is 712. The van der Waals surface area contributed by atoms with Crippen molar-refractivity contribution in [1.82, 2.24) is 0 Å². The molecule has 0 amide bonds. The lowest BCUT2D eigenvalue weighted by Gasteiger charge is -2.20. The highest BCUT2D eigenvalue weighted by Crippen LogP contribution is 2.29. The summed E-state index contributed by atoms with van der Waals surface area (Å²) >= 11 is 5.80. The van der Waals surface area contributed by atoms with E-state index in [-0.39, 0.29) is 11.5 Å². The molecule has 1 aliphatic rings. The Hall–Kier alpha value is -2.14. The van der Waals surface area contributed by atoms with Crippen LogP contribution in [0.15, 0.2) is 60.7 Å². The molecule has 0 saturated carbocycles. The highest BCUT2D eigenvalue weighted by Gasteiger charge is 2.53. The number of ketones is 1. The van der Waals surface area contributed by atoms with E-state index in [9.17, 15) is 8.63 Å². The summed E-state index contributed by atoms with van der Waals surface area (Å²) in [4.78, 5) is 0. The normalized spacial score (nSPS) is 16.7. The maximum absolute atomic E-state index is 13.7. The highest BCUT2D eigenvalue weighted by atomic mass is 35.5. The van der Waals surface area contributed by atoms with Crippen molar-refractivity contribution in [2.75, 3.05) is 0 Å². The molecule has 0 unspecified atom stereocenters. The van der Waals surface area contributed by atoms with Crippen LogP contribution in [-0.2, 0) is 4.65 Å². The molecular weight excluding hydrogens is 296 g/mol. The lowest BCUT2D eigenvalue weighted by atomic mass is 10.0. The van der Waals surface area contributed by atoms with Gasteiger partial charge in [0.1, 0.15) is 0 Å². The number of rotatable bonds is 2. The summed E-state index contributed by atoms with van der Waals surface area (Å²) in [6.07, 6.45) is 1.46. The van der Waals surface area contributed by atoms with Crippen molar-refractivity contribution in [3.05, 3.63) is 76.8 Å². The molecule has 2 nitrogen and oxygen atoms in total. The van der Waals surface area contributed by atoms with Gasteiger partial charge >= 0.3 is 7.11 Å². The van der Waals surface area contributed by atoms with Crippen LogP contribution in [-0.4, -0.2) is 12.9 Å². The molecule has 0 saturated heterocycles. The number of carbonyl (C=O) groups excluding carboxylic acids is 1. The summed E-state index contributed by atoms with van der Waals surface area (Å²) in [6.45, 7) is 0. The Morgan fingerprint density at radius 3 is 2.24 bits per heavy atom. The SMILES string of the molecule is F[B-]1(F)OC(c2ccc(Cl)cc2)=CC(c2ccccc2)=[O+]1. The molecule has 0 radical (unpaired) electrons. The zero-order valence-corrected chi connectivity index (χ0v) is 11.6. The zero-order valence-electron chi connectivity index (χ0n) is 10.8. The third-order valence-electron chi connectivity index (χ3n) is 2.98. The summed E-state index contributed by atoms with van der Waals surface area (Å²) in [5, 5.41) is 0.524. The van der Waals surface area contributed by atoms with Gasteiger partial charge in [0.25, 0.3) is 5.78 Å². The molecule has 0 aromatic heterocycles. The van der Waals surface area contributed by atoms with E-state index in [1.54, 1.807) is 54.6 Å². The quantitative estimate of drug-likeness (QED) is 0.591. The second kappa shape index (κ2) is 5.33. The number of allylic oxidation sites excluding steroid dienone is 1. The van der Waals surface area contributed by atoms with Crippen LogP contribution in [0, 0.1) is 0 Å². The van der Waals surface area contributed by atoms with Gasteiger partial charge in [-0.3, -0.25) is 0 Å². The molecule has 1 heterocycles. The van der Waals surface area contributed by atoms with Gasteiger partial charge in [0, 0.05) is 10.6 Å². The predicted molar refractivity (Wildman–Crippen MR) is 79.3 cm³/mol. The van der Waals surface area contributed by atoms with Crippen LogP contribution in [0.3, 0.4) is 0 Å². The summed E-state index contributed by atoms with van der Waals surface area (Å²) < 4.78 is 36.7. The predicted octanol–water partition coefficient (Wildman–Crippen LogP) is 4.50. The van der Waals surface area contributed by atoms with E-state index >= 15 is 0 Å². The molecule has 0 aliphatic carbocycles. The van der Waals surface area contributed by atoms with Crippen LogP contribution >= 0.6 is 11.6 Å². The number of hydrogen-bond donors (Lipinski definition) is 0. The summed E-state index contributed by atoms with van der Waals surface area (Å²) in [5.41, 5.74) is 1.08. The molecule has 2 aromatic carbocycles. The molecule has 0 N–H and O–H groups in total. The second-order valence-electron chi connectivity index (χ2n) is 4.52. The monoisotopic (exact) mass is 306 g/mol. The van der Waals surface area contributed by atoms with Crippen molar-refractivity contribution in [3.63, 3.8) is 0 Å². The summed E-state index contributed by atoms with van der Waals surface area (Å²) in [7, 11) is -4.40. The van der Waals surface area contributed by atoms with Crippen LogP contribution in [0.1, 0.15) is 15.5 Å². The molecule has 0 spiro atoms.